The van der Waals surface area contributed by atoms with Gasteiger partial charge >= 0.3 is 0 Å². The minimum absolute atomic E-state index is 0.0340. The lowest BCUT2D eigenvalue weighted by Crippen LogP contribution is -2.49. The molecule has 146 valence electrons. The van der Waals surface area contributed by atoms with Gasteiger partial charge in [-0.3, -0.25) is 4.79 Å². The second-order valence-electron chi connectivity index (χ2n) is 7.42. The van der Waals surface area contributed by atoms with Crippen molar-refractivity contribution in [1.82, 2.24) is 4.90 Å². The number of carbonyl (C=O) groups is 1. The number of rotatable bonds is 3. The molecule has 0 bridgehead atoms. The molecule has 0 spiro atoms. The van der Waals surface area contributed by atoms with Gasteiger partial charge in [0.2, 0.25) is 0 Å². The SMILES string of the molecule is COc1ccc2oc(C(=O)N3CCN(c4cccc(C)c4C)CC3)c(C)c2c1. The molecular formula is C23H26N2O3. The number of ether oxygens (including phenoxy) is 1. The van der Waals surface area contributed by atoms with Gasteiger partial charge in [0.15, 0.2) is 5.76 Å². The number of nitrogens with zero attached hydrogens (tertiary/aromatic N) is 2. The van der Waals surface area contributed by atoms with E-state index in [0.29, 0.717) is 18.8 Å². The summed E-state index contributed by atoms with van der Waals surface area (Å²) in [5, 5.41) is 0.928. The Kier molecular flexibility index (Phi) is 4.75. The molecule has 3 aromatic rings. The van der Waals surface area contributed by atoms with Crippen molar-refractivity contribution in [2.24, 2.45) is 0 Å². The van der Waals surface area contributed by atoms with Crippen molar-refractivity contribution in [2.45, 2.75) is 20.8 Å². The number of anilines is 1. The first-order valence-corrected chi connectivity index (χ1v) is 9.67. The maximum Gasteiger partial charge on any atom is 0.290 e. The molecule has 28 heavy (non-hydrogen) atoms. The van der Waals surface area contributed by atoms with Crippen molar-refractivity contribution >= 4 is 22.6 Å². The van der Waals surface area contributed by atoms with Gasteiger partial charge in [-0.25, -0.2) is 0 Å². The highest BCUT2D eigenvalue weighted by Crippen LogP contribution is 2.30. The van der Waals surface area contributed by atoms with Crippen LogP contribution in [-0.2, 0) is 0 Å². The van der Waals surface area contributed by atoms with Gasteiger partial charge in [-0.15, -0.1) is 0 Å². The first-order chi connectivity index (χ1) is 13.5. The Labute approximate surface area is 165 Å². The van der Waals surface area contributed by atoms with E-state index in [-0.39, 0.29) is 5.91 Å². The van der Waals surface area contributed by atoms with Crippen LogP contribution in [0.1, 0.15) is 27.2 Å². The highest BCUT2D eigenvalue weighted by atomic mass is 16.5. The number of fused-ring (bicyclic) bond motifs is 1. The lowest BCUT2D eigenvalue weighted by atomic mass is 10.1. The summed E-state index contributed by atoms with van der Waals surface area (Å²) in [6, 6.07) is 12.0. The first kappa shape index (κ1) is 18.4. The van der Waals surface area contributed by atoms with E-state index >= 15 is 0 Å². The minimum atomic E-state index is -0.0340. The first-order valence-electron chi connectivity index (χ1n) is 9.67. The number of carbonyl (C=O) groups excluding carboxylic acids is 1. The molecule has 1 saturated heterocycles. The van der Waals surface area contributed by atoms with Gasteiger partial charge in [-0.05, 0) is 56.2 Å². The zero-order valence-corrected chi connectivity index (χ0v) is 16.9. The van der Waals surface area contributed by atoms with E-state index in [1.54, 1.807) is 7.11 Å². The maximum absolute atomic E-state index is 13.1. The minimum Gasteiger partial charge on any atom is -0.497 e. The van der Waals surface area contributed by atoms with Gasteiger partial charge in [0, 0.05) is 42.8 Å². The van der Waals surface area contributed by atoms with Crippen LogP contribution in [0.2, 0.25) is 0 Å². The molecule has 1 fully saturated rings. The topological polar surface area (TPSA) is 45.9 Å². The van der Waals surface area contributed by atoms with Crippen LogP contribution in [0.15, 0.2) is 40.8 Å². The Morgan fingerprint density at radius 3 is 2.46 bits per heavy atom. The lowest BCUT2D eigenvalue weighted by molar-refractivity contribution is 0.0716. The van der Waals surface area contributed by atoms with E-state index in [9.17, 15) is 4.79 Å². The van der Waals surface area contributed by atoms with Gasteiger partial charge in [0.05, 0.1) is 7.11 Å². The third kappa shape index (κ3) is 3.11. The third-order valence-electron chi connectivity index (χ3n) is 5.82. The average molecular weight is 378 g/mol. The van der Waals surface area contributed by atoms with Gasteiger partial charge in [-0.1, -0.05) is 12.1 Å². The number of furan rings is 1. The zero-order valence-electron chi connectivity index (χ0n) is 16.9. The van der Waals surface area contributed by atoms with Crippen LogP contribution in [0, 0.1) is 20.8 Å². The molecule has 2 heterocycles. The fourth-order valence-electron chi connectivity index (χ4n) is 3.90. The summed E-state index contributed by atoms with van der Waals surface area (Å²) in [6.07, 6.45) is 0. The Morgan fingerprint density at radius 1 is 1.00 bits per heavy atom. The van der Waals surface area contributed by atoms with Crippen molar-refractivity contribution in [1.29, 1.82) is 0 Å². The van der Waals surface area contributed by atoms with Gasteiger partial charge in [0.1, 0.15) is 11.3 Å². The van der Waals surface area contributed by atoms with E-state index in [4.69, 9.17) is 9.15 Å². The smallest absolute Gasteiger partial charge is 0.290 e. The highest BCUT2D eigenvalue weighted by Gasteiger charge is 2.27. The molecule has 1 aliphatic heterocycles. The summed E-state index contributed by atoms with van der Waals surface area (Å²) in [7, 11) is 1.64. The van der Waals surface area contributed by atoms with Crippen LogP contribution in [0.25, 0.3) is 11.0 Å². The predicted molar refractivity (Wildman–Crippen MR) is 112 cm³/mol. The van der Waals surface area contributed by atoms with E-state index < -0.39 is 0 Å². The van der Waals surface area contributed by atoms with Gasteiger partial charge in [0.25, 0.3) is 5.91 Å². The number of methoxy groups -OCH3 is 1. The van der Waals surface area contributed by atoms with E-state index in [0.717, 1.165) is 35.4 Å². The number of hydrogen-bond acceptors (Lipinski definition) is 4. The second kappa shape index (κ2) is 7.23. The molecule has 0 atom stereocenters. The fraction of sp³-hybridized carbons (Fsp3) is 0.348. The molecule has 0 N–H and O–H groups in total. The Morgan fingerprint density at radius 2 is 1.75 bits per heavy atom. The molecule has 1 aliphatic rings. The molecule has 0 aliphatic carbocycles. The predicted octanol–water partition coefficient (Wildman–Crippen LogP) is 4.33. The summed E-state index contributed by atoms with van der Waals surface area (Å²) in [4.78, 5) is 17.3. The van der Waals surface area contributed by atoms with Crippen molar-refractivity contribution in [2.75, 3.05) is 38.2 Å². The number of benzene rings is 2. The molecule has 0 unspecified atom stereocenters. The van der Waals surface area contributed by atoms with E-state index in [1.807, 2.05) is 30.0 Å². The van der Waals surface area contributed by atoms with Crippen molar-refractivity contribution in [3.8, 4) is 5.75 Å². The maximum atomic E-state index is 13.1. The molecule has 5 heteroatoms. The molecule has 0 radical (unpaired) electrons. The summed E-state index contributed by atoms with van der Waals surface area (Å²) >= 11 is 0. The number of amides is 1. The summed E-state index contributed by atoms with van der Waals surface area (Å²) < 4.78 is 11.2. The van der Waals surface area contributed by atoms with E-state index in [2.05, 4.69) is 36.9 Å². The zero-order chi connectivity index (χ0) is 19.8. The van der Waals surface area contributed by atoms with Crippen LogP contribution in [0.4, 0.5) is 5.69 Å². The third-order valence-corrected chi connectivity index (χ3v) is 5.82. The molecule has 0 saturated carbocycles. The lowest BCUT2D eigenvalue weighted by Gasteiger charge is -2.36. The average Bonchev–Trinajstić information content (AvgIpc) is 3.05. The highest BCUT2D eigenvalue weighted by molar-refractivity contribution is 5.99. The molecule has 4 rings (SSSR count). The van der Waals surface area contributed by atoms with Crippen molar-refractivity contribution in [3.05, 3.63) is 58.8 Å². The molecule has 1 aromatic heterocycles. The quantitative estimate of drug-likeness (QED) is 0.681. The fourth-order valence-corrected chi connectivity index (χ4v) is 3.90. The summed E-state index contributed by atoms with van der Waals surface area (Å²) in [5.41, 5.74) is 5.46. The van der Waals surface area contributed by atoms with Gasteiger partial charge in [-0.2, -0.15) is 0 Å². The van der Waals surface area contributed by atoms with Crippen LogP contribution in [0.5, 0.6) is 5.75 Å². The van der Waals surface area contributed by atoms with E-state index in [1.165, 1.54) is 16.8 Å². The summed E-state index contributed by atoms with van der Waals surface area (Å²) in [6.45, 7) is 9.25. The number of hydrogen-bond donors (Lipinski definition) is 0. The Bertz CT molecular complexity index is 1030. The number of piperazine rings is 1. The largest absolute Gasteiger partial charge is 0.497 e. The normalized spacial score (nSPS) is 14.6. The van der Waals surface area contributed by atoms with Crippen molar-refractivity contribution in [3.63, 3.8) is 0 Å². The number of aryl methyl sites for hydroxylation is 2. The van der Waals surface area contributed by atoms with Gasteiger partial charge < -0.3 is 19.0 Å². The second-order valence-corrected chi connectivity index (χ2v) is 7.42. The summed E-state index contributed by atoms with van der Waals surface area (Å²) in [5.74, 6) is 1.16. The molecule has 1 amide bonds. The molecular weight excluding hydrogens is 352 g/mol. The van der Waals surface area contributed by atoms with Crippen molar-refractivity contribution < 1.29 is 13.9 Å². The monoisotopic (exact) mass is 378 g/mol. The standard InChI is InChI=1S/C23H26N2O3/c1-15-6-5-7-20(16(15)2)24-10-12-25(13-11-24)23(26)22-17(3)19-14-18(27-4)8-9-21(19)28-22/h5-9,14H,10-13H2,1-4H3. The molecule has 2 aromatic carbocycles. The van der Waals surface area contributed by atoms with Crippen LogP contribution >= 0.6 is 0 Å². The molecule has 5 nitrogen and oxygen atoms in total. The Balaban J connectivity index is 1.52. The Hall–Kier alpha value is -2.95. The van der Waals surface area contributed by atoms with Crippen LogP contribution in [-0.4, -0.2) is 44.1 Å². The van der Waals surface area contributed by atoms with Crippen LogP contribution < -0.4 is 9.64 Å². The van der Waals surface area contributed by atoms with Crippen LogP contribution in [0.3, 0.4) is 0 Å².